The highest BCUT2D eigenvalue weighted by Crippen LogP contribution is 2.39. The number of hydrogen-bond acceptors (Lipinski definition) is 7. The number of hydrogen-bond donors (Lipinski definition) is 2. The van der Waals surface area contributed by atoms with E-state index in [9.17, 15) is 4.79 Å². The molecule has 8 nitrogen and oxygen atoms in total. The molecule has 10 heteroatoms. The van der Waals surface area contributed by atoms with E-state index in [1.807, 2.05) is 16.8 Å². The van der Waals surface area contributed by atoms with Crippen molar-refractivity contribution in [3.63, 3.8) is 0 Å². The fraction of sp³-hybridized carbons (Fsp3) is 0.318. The maximum Gasteiger partial charge on any atom is 0.240 e. The Bertz CT molecular complexity index is 1110. The molecule has 0 saturated carbocycles. The number of nitrogens with zero attached hydrogens (tertiary/aromatic N) is 3. The number of aromatic nitrogens is 3. The summed E-state index contributed by atoms with van der Waals surface area (Å²) in [4.78, 5) is 13.3. The molecule has 4 rings (SSSR count). The third-order valence-corrected chi connectivity index (χ3v) is 6.64. The quantitative estimate of drug-likeness (QED) is 0.528. The van der Waals surface area contributed by atoms with Gasteiger partial charge in [0.1, 0.15) is 16.7 Å². The van der Waals surface area contributed by atoms with Gasteiger partial charge in [0.05, 0.1) is 25.3 Å². The summed E-state index contributed by atoms with van der Waals surface area (Å²) >= 11 is 7.76. The second-order valence-electron chi connectivity index (χ2n) is 7.24. The number of carbonyl (C=O) groups excluding carboxylic acids is 1. The number of thioether (sulfide) groups is 1. The van der Waals surface area contributed by atoms with E-state index >= 15 is 0 Å². The van der Waals surface area contributed by atoms with Crippen molar-refractivity contribution in [1.29, 1.82) is 0 Å². The average molecular weight is 474 g/mol. The number of methoxy groups -OCH3 is 2. The lowest BCUT2D eigenvalue weighted by Crippen LogP contribution is -2.41. The van der Waals surface area contributed by atoms with Gasteiger partial charge in [-0.3, -0.25) is 4.79 Å². The monoisotopic (exact) mass is 473 g/mol. The Morgan fingerprint density at radius 2 is 1.97 bits per heavy atom. The number of carbonyl (C=O) groups is 1. The molecule has 0 saturated heterocycles. The van der Waals surface area contributed by atoms with Crippen LogP contribution in [0.3, 0.4) is 0 Å². The number of ether oxygens (including phenoxy) is 2. The molecule has 0 radical (unpaired) electrons. The SMILES string of the molecule is CCCc1nnc2n1N[C@@H](c1ccc(OC)c(Cl)c1)[C@H](C(=O)Nc1ccc(OC)cc1)S2. The maximum atomic E-state index is 13.3. The van der Waals surface area contributed by atoms with E-state index in [0.717, 1.165) is 30.0 Å². The maximum absolute atomic E-state index is 13.3. The molecule has 0 bridgehead atoms. The topological polar surface area (TPSA) is 90.3 Å². The van der Waals surface area contributed by atoms with E-state index in [0.29, 0.717) is 21.6 Å². The molecule has 1 aromatic heterocycles. The number of amides is 1. The van der Waals surface area contributed by atoms with Crippen molar-refractivity contribution < 1.29 is 14.3 Å². The van der Waals surface area contributed by atoms with Gasteiger partial charge in [-0.05, 0) is 48.4 Å². The van der Waals surface area contributed by atoms with Crippen molar-refractivity contribution in [2.45, 2.75) is 36.2 Å². The van der Waals surface area contributed by atoms with Gasteiger partial charge >= 0.3 is 0 Å². The Hall–Kier alpha value is -2.91. The molecule has 1 aliphatic heterocycles. The van der Waals surface area contributed by atoms with Gasteiger partial charge in [0.25, 0.3) is 0 Å². The highest BCUT2D eigenvalue weighted by Gasteiger charge is 2.38. The third-order valence-electron chi connectivity index (χ3n) is 5.13. The van der Waals surface area contributed by atoms with Crippen molar-refractivity contribution >= 4 is 35.0 Å². The first-order valence-corrected chi connectivity index (χ1v) is 11.5. The minimum absolute atomic E-state index is 0.157. The van der Waals surface area contributed by atoms with Crippen LogP contribution < -0.4 is 20.2 Å². The third kappa shape index (κ3) is 4.49. The van der Waals surface area contributed by atoms with Crippen LogP contribution in [0.2, 0.25) is 5.02 Å². The smallest absolute Gasteiger partial charge is 0.240 e. The van der Waals surface area contributed by atoms with Crippen LogP contribution in [0, 0.1) is 0 Å². The second-order valence-corrected chi connectivity index (χ2v) is 8.76. The molecule has 3 aromatic rings. The van der Waals surface area contributed by atoms with E-state index in [1.165, 1.54) is 11.8 Å². The van der Waals surface area contributed by atoms with Crippen molar-refractivity contribution in [3.05, 3.63) is 58.9 Å². The van der Waals surface area contributed by atoms with E-state index in [4.69, 9.17) is 21.1 Å². The zero-order valence-electron chi connectivity index (χ0n) is 18.0. The lowest BCUT2D eigenvalue weighted by atomic mass is 10.0. The fourth-order valence-electron chi connectivity index (χ4n) is 3.50. The molecule has 1 aliphatic rings. The highest BCUT2D eigenvalue weighted by atomic mass is 35.5. The fourth-order valence-corrected chi connectivity index (χ4v) is 4.86. The van der Waals surface area contributed by atoms with E-state index in [2.05, 4.69) is 27.9 Å². The van der Waals surface area contributed by atoms with E-state index in [-0.39, 0.29) is 11.9 Å². The first-order chi connectivity index (χ1) is 15.5. The van der Waals surface area contributed by atoms with Gasteiger partial charge in [-0.25, -0.2) is 4.68 Å². The van der Waals surface area contributed by atoms with Crippen LogP contribution in [-0.2, 0) is 11.2 Å². The summed E-state index contributed by atoms with van der Waals surface area (Å²) < 4.78 is 12.3. The number of fused-ring (bicyclic) bond motifs is 1. The van der Waals surface area contributed by atoms with Crippen molar-refractivity contribution in [3.8, 4) is 11.5 Å². The molecule has 2 atom stereocenters. The lowest BCUT2D eigenvalue weighted by molar-refractivity contribution is -0.116. The lowest BCUT2D eigenvalue weighted by Gasteiger charge is -2.33. The first-order valence-electron chi connectivity index (χ1n) is 10.2. The average Bonchev–Trinajstić information content (AvgIpc) is 3.20. The first kappa shape index (κ1) is 22.3. The summed E-state index contributed by atoms with van der Waals surface area (Å²) in [6.45, 7) is 2.09. The zero-order valence-corrected chi connectivity index (χ0v) is 19.5. The van der Waals surface area contributed by atoms with Crippen LogP contribution in [0.4, 0.5) is 5.69 Å². The number of anilines is 1. The van der Waals surface area contributed by atoms with Crippen LogP contribution in [0.1, 0.15) is 30.8 Å². The van der Waals surface area contributed by atoms with Gasteiger partial charge in [0.15, 0.2) is 5.82 Å². The number of halogens is 1. The van der Waals surface area contributed by atoms with Crippen LogP contribution >= 0.6 is 23.4 Å². The molecule has 32 heavy (non-hydrogen) atoms. The summed E-state index contributed by atoms with van der Waals surface area (Å²) in [6.07, 6.45) is 1.71. The van der Waals surface area contributed by atoms with Gasteiger partial charge in [-0.1, -0.05) is 36.4 Å². The summed E-state index contributed by atoms with van der Waals surface area (Å²) in [7, 11) is 3.17. The normalized spacial score (nSPS) is 17.2. The Balaban J connectivity index is 1.66. The van der Waals surface area contributed by atoms with E-state index in [1.54, 1.807) is 44.6 Å². The molecule has 1 amide bonds. The number of nitrogens with one attached hydrogen (secondary N) is 2. The second kappa shape index (κ2) is 9.70. The van der Waals surface area contributed by atoms with Crippen LogP contribution in [0.5, 0.6) is 11.5 Å². The molecule has 0 spiro atoms. The van der Waals surface area contributed by atoms with Crippen LogP contribution in [0.25, 0.3) is 0 Å². The van der Waals surface area contributed by atoms with E-state index < -0.39 is 5.25 Å². The van der Waals surface area contributed by atoms with Crippen molar-refractivity contribution in [2.24, 2.45) is 0 Å². The highest BCUT2D eigenvalue weighted by molar-refractivity contribution is 8.00. The van der Waals surface area contributed by atoms with Crippen molar-refractivity contribution in [1.82, 2.24) is 14.9 Å². The molecule has 2 N–H and O–H groups in total. The summed E-state index contributed by atoms with van der Waals surface area (Å²) in [5, 5.41) is 12.2. The standard InChI is InChI=1S/C22H24ClN5O3S/c1-4-5-18-25-26-22-28(18)27-19(13-6-11-17(31-3)16(23)12-13)20(32-22)21(29)24-14-7-9-15(30-2)10-8-14/h6-12,19-20,27H,4-5H2,1-3H3,(H,24,29)/t19-,20+/m0/s1. The largest absolute Gasteiger partial charge is 0.497 e. The van der Waals surface area contributed by atoms with Gasteiger partial charge < -0.3 is 20.2 Å². The molecule has 2 heterocycles. The zero-order chi connectivity index (χ0) is 22.7. The summed E-state index contributed by atoms with van der Waals surface area (Å²) in [5.41, 5.74) is 4.98. The van der Waals surface area contributed by atoms with Gasteiger partial charge in [0.2, 0.25) is 11.1 Å². The Kier molecular flexibility index (Phi) is 6.76. The predicted molar refractivity (Wildman–Crippen MR) is 125 cm³/mol. The number of benzene rings is 2. The summed E-state index contributed by atoms with van der Waals surface area (Å²) in [6, 6.07) is 12.4. The minimum atomic E-state index is -0.507. The van der Waals surface area contributed by atoms with Crippen molar-refractivity contribution in [2.75, 3.05) is 25.0 Å². The van der Waals surface area contributed by atoms with Gasteiger partial charge in [0, 0.05) is 12.1 Å². The number of rotatable bonds is 7. The molecule has 2 aromatic carbocycles. The molecular weight excluding hydrogens is 450 g/mol. The minimum Gasteiger partial charge on any atom is -0.497 e. The van der Waals surface area contributed by atoms with Gasteiger partial charge in [-0.2, -0.15) is 0 Å². The Labute approximate surface area is 195 Å². The Morgan fingerprint density at radius 1 is 1.19 bits per heavy atom. The van der Waals surface area contributed by atoms with Crippen LogP contribution in [0.15, 0.2) is 47.6 Å². The molecule has 0 unspecified atom stereocenters. The molecule has 0 fully saturated rings. The van der Waals surface area contributed by atoms with Gasteiger partial charge in [-0.15, -0.1) is 10.2 Å². The number of aryl methyl sites for hydroxylation is 1. The molecular formula is C22H24ClN5O3S. The summed E-state index contributed by atoms with van der Waals surface area (Å²) in [5.74, 6) is 1.97. The molecule has 0 aliphatic carbocycles. The molecule has 168 valence electrons. The predicted octanol–water partition coefficient (Wildman–Crippen LogP) is 4.30. The Morgan fingerprint density at radius 3 is 2.62 bits per heavy atom. The van der Waals surface area contributed by atoms with Crippen LogP contribution in [-0.4, -0.2) is 40.3 Å².